The topological polar surface area (TPSA) is 56.7 Å². The minimum atomic E-state index is 0.556. The molecule has 2 aromatic heterocycles. The average Bonchev–Trinajstić information content (AvgIpc) is 2.77. The molecule has 0 bridgehead atoms. The molecule has 0 amide bonds. The van der Waals surface area contributed by atoms with Crippen LogP contribution in [0.15, 0.2) is 24.5 Å². The fourth-order valence-corrected chi connectivity index (χ4v) is 3.03. The molecule has 0 unspecified atom stereocenters. The lowest BCUT2D eigenvalue weighted by atomic mass is 9.84. The van der Waals surface area contributed by atoms with Gasteiger partial charge in [-0.05, 0) is 30.5 Å². The van der Waals surface area contributed by atoms with Gasteiger partial charge in [0, 0.05) is 30.9 Å². The van der Waals surface area contributed by atoms with Crippen LogP contribution in [0.4, 0.5) is 5.82 Å². The highest BCUT2D eigenvalue weighted by Crippen LogP contribution is 2.39. The molecule has 2 heterocycles. The van der Waals surface area contributed by atoms with E-state index in [1.807, 2.05) is 31.6 Å². The van der Waals surface area contributed by atoms with Gasteiger partial charge in [-0.1, -0.05) is 19.3 Å². The first-order chi connectivity index (χ1) is 9.27. The molecule has 1 fully saturated rings. The molecule has 1 aliphatic carbocycles. The molecular formula is C15H20N4. The number of rotatable bonds is 2. The summed E-state index contributed by atoms with van der Waals surface area (Å²) < 4.78 is 1.81. The molecule has 100 valence electrons. The predicted molar refractivity (Wildman–Crippen MR) is 76.7 cm³/mol. The fraction of sp³-hybridized carbons (Fsp3) is 0.467. The zero-order chi connectivity index (χ0) is 13.2. The number of nitrogens with zero attached hydrogens (tertiary/aromatic N) is 3. The smallest absolute Gasteiger partial charge is 0.129 e. The van der Waals surface area contributed by atoms with Crippen LogP contribution in [-0.4, -0.2) is 14.8 Å². The van der Waals surface area contributed by atoms with E-state index in [9.17, 15) is 0 Å². The number of pyridine rings is 1. The largest absolute Gasteiger partial charge is 0.383 e. The lowest BCUT2D eigenvalue weighted by molar-refractivity contribution is 0.434. The predicted octanol–water partition coefficient (Wildman–Crippen LogP) is 3.11. The maximum Gasteiger partial charge on any atom is 0.129 e. The van der Waals surface area contributed by atoms with Crippen LogP contribution in [0.3, 0.4) is 0 Å². The van der Waals surface area contributed by atoms with Crippen molar-refractivity contribution in [2.75, 3.05) is 5.73 Å². The summed E-state index contributed by atoms with van der Waals surface area (Å²) in [4.78, 5) is 4.08. The molecule has 4 nitrogen and oxygen atoms in total. The van der Waals surface area contributed by atoms with Gasteiger partial charge in [-0.2, -0.15) is 5.10 Å². The molecule has 0 aliphatic heterocycles. The van der Waals surface area contributed by atoms with Crippen LogP contribution in [0.25, 0.3) is 11.1 Å². The Balaban J connectivity index is 2.07. The van der Waals surface area contributed by atoms with Crippen LogP contribution in [0, 0.1) is 0 Å². The van der Waals surface area contributed by atoms with Crippen molar-refractivity contribution in [1.29, 1.82) is 0 Å². The summed E-state index contributed by atoms with van der Waals surface area (Å²) in [6, 6.07) is 4.03. The van der Waals surface area contributed by atoms with Crippen LogP contribution >= 0.6 is 0 Å². The monoisotopic (exact) mass is 256 g/mol. The summed E-state index contributed by atoms with van der Waals surface area (Å²) in [6.07, 6.45) is 10.0. The zero-order valence-corrected chi connectivity index (χ0v) is 11.3. The number of nitrogen functional groups attached to an aromatic ring is 1. The SMILES string of the molecule is Cn1nc(C2CCCCC2)c(-c2ccncc2)c1N. The first kappa shape index (κ1) is 12.2. The Labute approximate surface area is 113 Å². The summed E-state index contributed by atoms with van der Waals surface area (Å²) in [7, 11) is 1.92. The van der Waals surface area contributed by atoms with Crippen LogP contribution in [-0.2, 0) is 7.05 Å². The van der Waals surface area contributed by atoms with Gasteiger partial charge in [0.1, 0.15) is 5.82 Å². The highest BCUT2D eigenvalue weighted by molar-refractivity contribution is 5.76. The van der Waals surface area contributed by atoms with E-state index in [1.165, 1.54) is 37.8 Å². The van der Waals surface area contributed by atoms with E-state index in [0.717, 1.165) is 16.9 Å². The standard InChI is InChI=1S/C15H20N4/c1-19-15(16)13(11-7-9-17-10-8-11)14(18-19)12-5-3-2-4-6-12/h7-10,12H,2-6,16H2,1H3. The van der Waals surface area contributed by atoms with Crippen LogP contribution < -0.4 is 5.73 Å². The first-order valence-electron chi connectivity index (χ1n) is 7.00. The normalized spacial score (nSPS) is 16.7. The van der Waals surface area contributed by atoms with Crippen molar-refractivity contribution in [1.82, 2.24) is 14.8 Å². The van der Waals surface area contributed by atoms with E-state index in [1.54, 1.807) is 4.68 Å². The third-order valence-corrected chi connectivity index (χ3v) is 4.08. The maximum absolute atomic E-state index is 6.22. The number of hydrogen-bond acceptors (Lipinski definition) is 3. The molecule has 0 radical (unpaired) electrons. The molecular weight excluding hydrogens is 236 g/mol. The summed E-state index contributed by atoms with van der Waals surface area (Å²) >= 11 is 0. The van der Waals surface area contributed by atoms with E-state index in [-0.39, 0.29) is 0 Å². The highest BCUT2D eigenvalue weighted by atomic mass is 15.3. The Morgan fingerprint density at radius 1 is 1.16 bits per heavy atom. The third-order valence-electron chi connectivity index (χ3n) is 4.08. The Bertz CT molecular complexity index is 553. The Hall–Kier alpha value is -1.84. The molecule has 2 aromatic rings. The van der Waals surface area contributed by atoms with E-state index in [2.05, 4.69) is 10.1 Å². The van der Waals surface area contributed by atoms with Gasteiger partial charge in [0.05, 0.1) is 5.69 Å². The zero-order valence-electron chi connectivity index (χ0n) is 11.3. The van der Waals surface area contributed by atoms with Crippen molar-refractivity contribution in [2.24, 2.45) is 7.05 Å². The molecule has 19 heavy (non-hydrogen) atoms. The van der Waals surface area contributed by atoms with Crippen molar-refractivity contribution < 1.29 is 0 Å². The molecule has 0 atom stereocenters. The van der Waals surface area contributed by atoms with Crippen molar-refractivity contribution in [3.8, 4) is 11.1 Å². The minimum absolute atomic E-state index is 0.556. The summed E-state index contributed by atoms with van der Waals surface area (Å²) in [5.74, 6) is 1.31. The second-order valence-electron chi connectivity index (χ2n) is 5.34. The van der Waals surface area contributed by atoms with E-state index < -0.39 is 0 Å². The summed E-state index contributed by atoms with van der Waals surface area (Å²) in [5.41, 5.74) is 9.63. The second-order valence-corrected chi connectivity index (χ2v) is 5.34. The highest BCUT2D eigenvalue weighted by Gasteiger charge is 2.24. The van der Waals surface area contributed by atoms with Crippen molar-refractivity contribution in [2.45, 2.75) is 38.0 Å². The molecule has 0 aromatic carbocycles. The molecule has 0 spiro atoms. The van der Waals surface area contributed by atoms with Gasteiger partial charge < -0.3 is 5.73 Å². The average molecular weight is 256 g/mol. The molecule has 3 rings (SSSR count). The fourth-order valence-electron chi connectivity index (χ4n) is 3.03. The molecule has 1 aliphatic rings. The van der Waals surface area contributed by atoms with Gasteiger partial charge in [0.2, 0.25) is 0 Å². The number of hydrogen-bond donors (Lipinski definition) is 1. The van der Waals surface area contributed by atoms with Crippen molar-refractivity contribution >= 4 is 5.82 Å². The molecule has 0 saturated heterocycles. The van der Waals surface area contributed by atoms with Crippen molar-refractivity contribution in [3.63, 3.8) is 0 Å². The second kappa shape index (κ2) is 5.03. The Morgan fingerprint density at radius 2 is 1.84 bits per heavy atom. The molecule has 2 N–H and O–H groups in total. The first-order valence-corrected chi connectivity index (χ1v) is 7.00. The maximum atomic E-state index is 6.22. The Kier molecular flexibility index (Phi) is 3.23. The van der Waals surface area contributed by atoms with Crippen LogP contribution in [0.2, 0.25) is 0 Å². The lowest BCUT2D eigenvalue weighted by Crippen LogP contribution is -2.06. The number of anilines is 1. The Morgan fingerprint density at radius 3 is 2.53 bits per heavy atom. The van der Waals surface area contributed by atoms with E-state index in [0.29, 0.717) is 5.92 Å². The molecule has 1 saturated carbocycles. The molecule has 4 heteroatoms. The summed E-state index contributed by atoms with van der Waals surface area (Å²) in [5, 5.41) is 4.68. The van der Waals surface area contributed by atoms with Crippen molar-refractivity contribution in [3.05, 3.63) is 30.2 Å². The minimum Gasteiger partial charge on any atom is -0.383 e. The third kappa shape index (κ3) is 2.23. The van der Waals surface area contributed by atoms with Gasteiger partial charge in [0.15, 0.2) is 0 Å². The van der Waals surface area contributed by atoms with Crippen LogP contribution in [0.1, 0.15) is 43.7 Å². The number of aryl methyl sites for hydroxylation is 1. The van der Waals surface area contributed by atoms with Crippen LogP contribution in [0.5, 0.6) is 0 Å². The van der Waals surface area contributed by atoms with Gasteiger partial charge in [-0.3, -0.25) is 9.67 Å². The summed E-state index contributed by atoms with van der Waals surface area (Å²) in [6.45, 7) is 0. The quantitative estimate of drug-likeness (QED) is 0.898. The lowest BCUT2D eigenvalue weighted by Gasteiger charge is -2.21. The van der Waals surface area contributed by atoms with Gasteiger partial charge in [-0.25, -0.2) is 0 Å². The van der Waals surface area contributed by atoms with E-state index in [4.69, 9.17) is 5.73 Å². The number of aromatic nitrogens is 3. The van der Waals surface area contributed by atoms with Gasteiger partial charge >= 0.3 is 0 Å². The number of nitrogens with two attached hydrogens (primary N) is 1. The van der Waals surface area contributed by atoms with Gasteiger partial charge in [-0.15, -0.1) is 0 Å². The van der Waals surface area contributed by atoms with E-state index >= 15 is 0 Å². The van der Waals surface area contributed by atoms with Gasteiger partial charge in [0.25, 0.3) is 0 Å².